The molecule has 2 aliphatic carbocycles. The maximum Gasteiger partial charge on any atom is 0.318 e. The van der Waals surface area contributed by atoms with Gasteiger partial charge in [-0.05, 0) is 17.7 Å². The van der Waals surface area contributed by atoms with Gasteiger partial charge in [-0.2, -0.15) is 0 Å². The lowest BCUT2D eigenvalue weighted by Crippen LogP contribution is -2.21. The Hall–Kier alpha value is -2.36. The number of ether oxygens (including phenoxy) is 2. The topological polar surface area (TPSA) is 52.6 Å². The van der Waals surface area contributed by atoms with Gasteiger partial charge in [0.05, 0.1) is 18.9 Å². The number of fused-ring (bicyclic) bond motifs is 5. The minimum absolute atomic E-state index is 0.000974. The van der Waals surface area contributed by atoms with E-state index in [9.17, 15) is 9.59 Å². The highest BCUT2D eigenvalue weighted by Gasteiger charge is 2.60. The minimum Gasteiger partial charge on any atom is -0.497 e. The van der Waals surface area contributed by atoms with Gasteiger partial charge in [0.1, 0.15) is 5.75 Å². The molecule has 1 aromatic rings. The van der Waals surface area contributed by atoms with Crippen LogP contribution in [0.3, 0.4) is 0 Å². The lowest BCUT2D eigenvalue weighted by Gasteiger charge is -2.11. The fourth-order valence-electron chi connectivity index (χ4n) is 3.69. The van der Waals surface area contributed by atoms with E-state index in [4.69, 9.17) is 9.47 Å². The molecule has 1 aliphatic heterocycles. The van der Waals surface area contributed by atoms with Crippen molar-refractivity contribution in [3.8, 4) is 5.75 Å². The van der Waals surface area contributed by atoms with Crippen LogP contribution in [0.2, 0.25) is 0 Å². The quantitative estimate of drug-likeness (QED) is 0.474. The van der Waals surface area contributed by atoms with Gasteiger partial charge in [-0.25, -0.2) is 0 Å². The molecule has 1 aromatic carbocycles. The predicted molar refractivity (Wildman–Crippen MR) is 75.2 cm³/mol. The van der Waals surface area contributed by atoms with E-state index in [-0.39, 0.29) is 35.6 Å². The van der Waals surface area contributed by atoms with Gasteiger partial charge in [-0.3, -0.25) is 9.59 Å². The fourth-order valence-corrected chi connectivity index (χ4v) is 3.69. The van der Waals surface area contributed by atoms with Crippen LogP contribution >= 0.6 is 0 Å². The highest BCUT2D eigenvalue weighted by atomic mass is 16.6. The zero-order valence-corrected chi connectivity index (χ0v) is 11.5. The molecule has 21 heavy (non-hydrogen) atoms. The van der Waals surface area contributed by atoms with Crippen LogP contribution in [-0.2, 0) is 14.3 Å². The Bertz CT molecular complexity index is 651. The molecule has 2 fully saturated rings. The van der Waals surface area contributed by atoms with Gasteiger partial charge in [0.2, 0.25) is 0 Å². The molecule has 4 unspecified atom stereocenters. The number of cyclic esters (lactones) is 2. The third-order valence-corrected chi connectivity index (χ3v) is 4.65. The first-order valence-electron chi connectivity index (χ1n) is 6.98. The Morgan fingerprint density at radius 2 is 1.57 bits per heavy atom. The van der Waals surface area contributed by atoms with Crippen molar-refractivity contribution in [2.75, 3.05) is 7.11 Å². The lowest BCUT2D eigenvalue weighted by atomic mass is 9.85. The summed E-state index contributed by atoms with van der Waals surface area (Å²) in [6.45, 7) is 0. The number of carbonyl (C=O) groups is 2. The number of benzene rings is 1. The first-order chi connectivity index (χ1) is 10.2. The SMILES string of the molecule is COc1ccc(C=C2C3C=CC2C2C(=O)OC(=O)C32)cc1. The molecular formula is C17H14O4. The molecule has 0 amide bonds. The molecule has 0 aromatic heterocycles. The molecule has 0 N–H and O–H groups in total. The maximum atomic E-state index is 11.8. The largest absolute Gasteiger partial charge is 0.497 e. The summed E-state index contributed by atoms with van der Waals surface area (Å²) in [5, 5.41) is 0. The molecule has 1 heterocycles. The second-order valence-electron chi connectivity index (χ2n) is 5.65. The van der Waals surface area contributed by atoms with E-state index in [1.54, 1.807) is 7.11 Å². The highest BCUT2D eigenvalue weighted by molar-refractivity contribution is 5.99. The molecule has 4 rings (SSSR count). The zero-order valence-electron chi connectivity index (χ0n) is 11.5. The van der Waals surface area contributed by atoms with Crippen molar-refractivity contribution in [2.45, 2.75) is 0 Å². The molecule has 4 atom stereocenters. The highest BCUT2D eigenvalue weighted by Crippen LogP contribution is 2.55. The van der Waals surface area contributed by atoms with Crippen LogP contribution in [0.4, 0.5) is 0 Å². The van der Waals surface area contributed by atoms with E-state index in [0.717, 1.165) is 16.9 Å². The fraction of sp³-hybridized carbons (Fsp3) is 0.294. The average Bonchev–Trinajstić information content (AvgIpc) is 3.12. The summed E-state index contributed by atoms with van der Waals surface area (Å²) in [5.74, 6) is -0.582. The van der Waals surface area contributed by atoms with Crippen LogP contribution in [0.1, 0.15) is 5.56 Å². The summed E-state index contributed by atoms with van der Waals surface area (Å²) in [4.78, 5) is 23.6. The predicted octanol–water partition coefficient (Wildman–Crippen LogP) is 2.21. The van der Waals surface area contributed by atoms with Crippen molar-refractivity contribution >= 4 is 18.0 Å². The second-order valence-corrected chi connectivity index (χ2v) is 5.65. The summed E-state index contributed by atoms with van der Waals surface area (Å²) in [7, 11) is 1.63. The Kier molecular flexibility index (Phi) is 2.55. The molecule has 2 bridgehead atoms. The summed E-state index contributed by atoms with van der Waals surface area (Å²) in [5.41, 5.74) is 2.19. The number of allylic oxidation sites excluding steroid dienone is 3. The van der Waals surface area contributed by atoms with Crippen molar-refractivity contribution < 1.29 is 19.1 Å². The summed E-state index contributed by atoms with van der Waals surface area (Å²) in [6, 6.07) is 7.74. The normalized spacial score (nSPS) is 32.3. The van der Waals surface area contributed by atoms with Crippen LogP contribution in [0.5, 0.6) is 5.75 Å². The molecule has 0 spiro atoms. The molecule has 4 nitrogen and oxygen atoms in total. The molecule has 4 heteroatoms. The van der Waals surface area contributed by atoms with Gasteiger partial charge in [-0.15, -0.1) is 0 Å². The number of esters is 2. The number of carbonyl (C=O) groups excluding carboxylic acids is 2. The van der Waals surface area contributed by atoms with Crippen LogP contribution in [0, 0.1) is 23.7 Å². The summed E-state index contributed by atoms with van der Waals surface area (Å²) < 4.78 is 9.92. The van der Waals surface area contributed by atoms with Crippen molar-refractivity contribution in [3.63, 3.8) is 0 Å². The number of methoxy groups -OCH3 is 1. The van der Waals surface area contributed by atoms with E-state index >= 15 is 0 Å². The number of rotatable bonds is 2. The first kappa shape index (κ1) is 12.4. The third-order valence-electron chi connectivity index (χ3n) is 4.65. The molecule has 0 radical (unpaired) electrons. The van der Waals surface area contributed by atoms with Crippen molar-refractivity contribution in [1.29, 1.82) is 0 Å². The van der Waals surface area contributed by atoms with Crippen molar-refractivity contribution in [1.82, 2.24) is 0 Å². The lowest BCUT2D eigenvalue weighted by molar-refractivity contribution is -0.154. The van der Waals surface area contributed by atoms with Gasteiger partial charge in [0, 0.05) is 11.8 Å². The standard InChI is InChI=1S/C17H14O4/c1-20-10-4-2-9(3-5-10)8-13-11-6-7-12(13)15-14(11)16(18)21-17(15)19/h2-8,11-12,14-15H,1H3. The Labute approximate surface area is 122 Å². The van der Waals surface area contributed by atoms with Crippen molar-refractivity contribution in [3.05, 3.63) is 47.6 Å². The average molecular weight is 282 g/mol. The molecule has 3 aliphatic rings. The van der Waals surface area contributed by atoms with Crippen LogP contribution in [-0.4, -0.2) is 19.0 Å². The number of hydrogen-bond donors (Lipinski definition) is 0. The molecular weight excluding hydrogens is 268 g/mol. The van der Waals surface area contributed by atoms with E-state index in [2.05, 4.69) is 6.08 Å². The molecule has 1 saturated heterocycles. The van der Waals surface area contributed by atoms with Gasteiger partial charge in [-0.1, -0.05) is 35.9 Å². The first-order valence-corrected chi connectivity index (χ1v) is 6.98. The monoisotopic (exact) mass is 282 g/mol. The third kappa shape index (κ3) is 1.68. The smallest absolute Gasteiger partial charge is 0.318 e. The second kappa shape index (κ2) is 4.32. The summed E-state index contributed by atoms with van der Waals surface area (Å²) in [6.07, 6.45) is 6.13. The minimum atomic E-state index is -0.373. The molecule has 1 saturated carbocycles. The van der Waals surface area contributed by atoms with Crippen LogP contribution in [0.25, 0.3) is 6.08 Å². The van der Waals surface area contributed by atoms with Gasteiger partial charge >= 0.3 is 11.9 Å². The van der Waals surface area contributed by atoms with Gasteiger partial charge in [0.15, 0.2) is 0 Å². The van der Waals surface area contributed by atoms with E-state index in [0.29, 0.717) is 0 Å². The van der Waals surface area contributed by atoms with E-state index in [1.807, 2.05) is 36.4 Å². The Balaban J connectivity index is 1.69. The maximum absolute atomic E-state index is 11.8. The van der Waals surface area contributed by atoms with Gasteiger partial charge in [0.25, 0.3) is 0 Å². The Morgan fingerprint density at radius 3 is 2.10 bits per heavy atom. The Morgan fingerprint density at radius 1 is 1.00 bits per heavy atom. The number of hydrogen-bond acceptors (Lipinski definition) is 4. The van der Waals surface area contributed by atoms with E-state index in [1.165, 1.54) is 0 Å². The van der Waals surface area contributed by atoms with Crippen LogP contribution in [0.15, 0.2) is 42.0 Å². The van der Waals surface area contributed by atoms with E-state index < -0.39 is 0 Å². The molecule has 106 valence electrons. The zero-order chi connectivity index (χ0) is 14.6. The van der Waals surface area contributed by atoms with Gasteiger partial charge < -0.3 is 9.47 Å². The van der Waals surface area contributed by atoms with Crippen LogP contribution < -0.4 is 4.74 Å². The van der Waals surface area contributed by atoms with Crippen molar-refractivity contribution in [2.24, 2.45) is 23.7 Å². The summed E-state index contributed by atoms with van der Waals surface area (Å²) >= 11 is 0.